The van der Waals surface area contributed by atoms with Gasteiger partial charge in [0.25, 0.3) is 0 Å². The SMILES string of the molecule is O=C1OC2(c3ccccc3)CC3(c4ccccc4)OC(=O)OC23O1. The van der Waals surface area contributed by atoms with Crippen LogP contribution < -0.4 is 0 Å². The molecule has 3 aliphatic rings. The van der Waals surface area contributed by atoms with Gasteiger partial charge in [0.15, 0.2) is 0 Å². The molecule has 0 radical (unpaired) electrons. The van der Waals surface area contributed by atoms with E-state index in [1.165, 1.54) is 0 Å². The Hall–Kier alpha value is -3.02. The third-order valence-electron chi connectivity index (χ3n) is 5.01. The van der Waals surface area contributed by atoms with E-state index in [4.69, 9.17) is 18.9 Å². The van der Waals surface area contributed by atoms with Crippen molar-refractivity contribution in [3.63, 3.8) is 0 Å². The van der Waals surface area contributed by atoms with E-state index < -0.39 is 29.3 Å². The molecule has 1 spiro atoms. The van der Waals surface area contributed by atoms with Gasteiger partial charge in [0.2, 0.25) is 11.2 Å². The molecule has 6 nitrogen and oxygen atoms in total. The molecule has 0 N–H and O–H groups in total. The Morgan fingerprint density at radius 3 is 1.46 bits per heavy atom. The molecule has 2 atom stereocenters. The highest BCUT2D eigenvalue weighted by atomic mass is 16.9. The summed E-state index contributed by atoms with van der Waals surface area (Å²) >= 11 is 0. The van der Waals surface area contributed by atoms with Crippen LogP contribution in [0.2, 0.25) is 0 Å². The van der Waals surface area contributed by atoms with E-state index in [-0.39, 0.29) is 6.42 Å². The smallest absolute Gasteiger partial charge is 0.414 e. The number of carbonyl (C=O) groups is 2. The molecule has 5 rings (SSSR count). The van der Waals surface area contributed by atoms with Crippen LogP contribution in [0.1, 0.15) is 17.5 Å². The van der Waals surface area contributed by atoms with Gasteiger partial charge in [-0.2, -0.15) is 0 Å². The lowest BCUT2D eigenvalue weighted by atomic mass is 9.56. The molecular formula is C18H12O6. The van der Waals surface area contributed by atoms with Gasteiger partial charge in [0.1, 0.15) is 0 Å². The van der Waals surface area contributed by atoms with Crippen LogP contribution in [0, 0.1) is 0 Å². The van der Waals surface area contributed by atoms with Crippen molar-refractivity contribution in [3.05, 3.63) is 71.8 Å². The Labute approximate surface area is 136 Å². The molecule has 0 amide bonds. The molecule has 24 heavy (non-hydrogen) atoms. The summed E-state index contributed by atoms with van der Waals surface area (Å²) in [6.07, 6.45) is -1.53. The lowest BCUT2D eigenvalue weighted by molar-refractivity contribution is -0.334. The summed E-state index contributed by atoms with van der Waals surface area (Å²) < 4.78 is 21.9. The predicted molar refractivity (Wildman–Crippen MR) is 78.7 cm³/mol. The first kappa shape index (κ1) is 13.4. The summed E-state index contributed by atoms with van der Waals surface area (Å²) in [5.41, 5.74) is -1.04. The maximum atomic E-state index is 12.0. The van der Waals surface area contributed by atoms with Crippen molar-refractivity contribution in [2.75, 3.05) is 0 Å². The minimum absolute atomic E-state index is 0.228. The van der Waals surface area contributed by atoms with Gasteiger partial charge in [0, 0.05) is 11.1 Å². The summed E-state index contributed by atoms with van der Waals surface area (Å²) in [5, 5.41) is 0. The second-order valence-corrected chi connectivity index (χ2v) is 6.09. The van der Waals surface area contributed by atoms with Gasteiger partial charge in [-0.25, -0.2) is 9.59 Å². The molecular weight excluding hydrogens is 312 g/mol. The molecule has 0 aromatic heterocycles. The van der Waals surface area contributed by atoms with Gasteiger partial charge in [-0.1, -0.05) is 60.7 Å². The van der Waals surface area contributed by atoms with Crippen molar-refractivity contribution in [1.29, 1.82) is 0 Å². The van der Waals surface area contributed by atoms with Gasteiger partial charge in [0.05, 0.1) is 6.42 Å². The number of rotatable bonds is 2. The minimum atomic E-state index is -1.66. The Morgan fingerprint density at radius 2 is 1.04 bits per heavy atom. The zero-order chi connectivity index (χ0) is 16.4. The molecule has 2 heterocycles. The summed E-state index contributed by atoms with van der Waals surface area (Å²) in [5.74, 6) is -1.66. The first-order valence-electron chi connectivity index (χ1n) is 7.57. The van der Waals surface area contributed by atoms with Crippen LogP contribution in [0.25, 0.3) is 0 Å². The highest BCUT2D eigenvalue weighted by Crippen LogP contribution is 2.72. The van der Waals surface area contributed by atoms with Crippen molar-refractivity contribution in [2.45, 2.75) is 23.4 Å². The maximum absolute atomic E-state index is 12.0. The molecule has 120 valence electrons. The van der Waals surface area contributed by atoms with Crippen LogP contribution in [0.4, 0.5) is 9.59 Å². The molecule has 1 saturated carbocycles. The minimum Gasteiger partial charge on any atom is -0.414 e. The zero-order valence-electron chi connectivity index (χ0n) is 12.4. The number of carbonyl (C=O) groups excluding carboxylic acids is 2. The normalized spacial score (nSPS) is 35.7. The lowest BCUT2D eigenvalue weighted by Gasteiger charge is -2.54. The first-order valence-corrected chi connectivity index (χ1v) is 7.57. The average Bonchev–Trinajstić information content (AvgIpc) is 2.97. The molecule has 2 saturated heterocycles. The van der Waals surface area contributed by atoms with E-state index in [0.29, 0.717) is 11.1 Å². The highest BCUT2D eigenvalue weighted by molar-refractivity contribution is 5.74. The second kappa shape index (κ2) is 4.08. The van der Waals surface area contributed by atoms with Crippen LogP contribution in [-0.2, 0) is 30.1 Å². The average molecular weight is 324 g/mol. The quantitative estimate of drug-likeness (QED) is 0.790. The zero-order valence-corrected chi connectivity index (χ0v) is 12.4. The summed E-state index contributed by atoms with van der Waals surface area (Å²) in [6.45, 7) is 0. The largest absolute Gasteiger partial charge is 0.513 e. The van der Waals surface area contributed by atoms with Crippen LogP contribution in [0.15, 0.2) is 60.7 Å². The summed E-state index contributed by atoms with van der Waals surface area (Å²) in [7, 11) is 0. The van der Waals surface area contributed by atoms with E-state index in [0.717, 1.165) is 0 Å². The van der Waals surface area contributed by atoms with Crippen LogP contribution >= 0.6 is 0 Å². The van der Waals surface area contributed by atoms with Gasteiger partial charge in [-0.15, -0.1) is 0 Å². The van der Waals surface area contributed by atoms with Crippen LogP contribution in [-0.4, -0.2) is 18.1 Å². The van der Waals surface area contributed by atoms with E-state index in [2.05, 4.69) is 0 Å². The van der Waals surface area contributed by atoms with Crippen LogP contribution in [0.3, 0.4) is 0 Å². The van der Waals surface area contributed by atoms with Crippen molar-refractivity contribution >= 4 is 12.3 Å². The van der Waals surface area contributed by atoms with Gasteiger partial charge in [-0.05, 0) is 0 Å². The van der Waals surface area contributed by atoms with Gasteiger partial charge < -0.3 is 18.9 Å². The van der Waals surface area contributed by atoms with E-state index >= 15 is 0 Å². The standard InChI is InChI=1S/C18H12O6/c19-14-21-16(12-7-3-1-4-8-12)11-17(13-9-5-2-6-10-13)18(16,23-14)24-15(20)22-17/h1-10H,11H2. The van der Waals surface area contributed by atoms with Crippen molar-refractivity contribution in [2.24, 2.45) is 0 Å². The fourth-order valence-electron chi connectivity index (χ4n) is 4.04. The predicted octanol–water partition coefficient (Wildman–Crippen LogP) is 3.21. The van der Waals surface area contributed by atoms with Crippen molar-refractivity contribution in [3.8, 4) is 0 Å². The molecule has 2 aromatic carbocycles. The fraction of sp³-hybridized carbons (Fsp3) is 0.222. The summed E-state index contributed by atoms with van der Waals surface area (Å²) in [4.78, 5) is 24.0. The molecule has 3 fully saturated rings. The van der Waals surface area contributed by atoms with Crippen LogP contribution in [0.5, 0.6) is 0 Å². The van der Waals surface area contributed by atoms with Crippen molar-refractivity contribution < 1.29 is 28.5 Å². The molecule has 2 unspecified atom stereocenters. The third kappa shape index (κ3) is 1.29. The summed E-state index contributed by atoms with van der Waals surface area (Å²) in [6, 6.07) is 18.2. The highest BCUT2D eigenvalue weighted by Gasteiger charge is 2.92. The van der Waals surface area contributed by atoms with E-state index in [1.54, 1.807) is 0 Å². The fourth-order valence-corrected chi connectivity index (χ4v) is 4.04. The Bertz CT molecular complexity index is 777. The number of hydrogen-bond acceptors (Lipinski definition) is 6. The Kier molecular flexibility index (Phi) is 2.28. The third-order valence-corrected chi connectivity index (χ3v) is 5.01. The second-order valence-electron chi connectivity index (χ2n) is 6.09. The number of ether oxygens (including phenoxy) is 4. The topological polar surface area (TPSA) is 71.1 Å². The van der Waals surface area contributed by atoms with E-state index in [1.807, 2.05) is 60.7 Å². The lowest BCUT2D eigenvalue weighted by Crippen LogP contribution is -2.73. The molecule has 2 aromatic rings. The van der Waals surface area contributed by atoms with Crippen molar-refractivity contribution in [1.82, 2.24) is 0 Å². The molecule has 2 aliphatic heterocycles. The van der Waals surface area contributed by atoms with Gasteiger partial charge >= 0.3 is 18.1 Å². The van der Waals surface area contributed by atoms with E-state index in [9.17, 15) is 9.59 Å². The Morgan fingerprint density at radius 1 is 0.625 bits per heavy atom. The number of hydrogen-bond donors (Lipinski definition) is 0. The molecule has 6 heteroatoms. The Balaban J connectivity index is 1.73. The molecule has 1 aliphatic carbocycles. The molecule has 0 bridgehead atoms. The maximum Gasteiger partial charge on any atom is 0.513 e. The monoisotopic (exact) mass is 324 g/mol. The number of benzene rings is 2. The first-order chi connectivity index (χ1) is 11.6. The van der Waals surface area contributed by atoms with Gasteiger partial charge in [-0.3, -0.25) is 0 Å².